The summed E-state index contributed by atoms with van der Waals surface area (Å²) in [5, 5.41) is 31.8. The Morgan fingerprint density at radius 2 is 1.76 bits per heavy atom. The van der Waals surface area contributed by atoms with Crippen molar-refractivity contribution in [3.8, 4) is 17.6 Å². The van der Waals surface area contributed by atoms with Gasteiger partial charge in [-0.1, -0.05) is 35.3 Å². The topological polar surface area (TPSA) is 145 Å². The van der Waals surface area contributed by atoms with Gasteiger partial charge in [0.2, 0.25) is 11.6 Å². The molecule has 0 saturated carbocycles. The molecule has 0 N–H and O–H groups in total. The first-order valence-electron chi connectivity index (χ1n) is 9.34. The maximum atomic E-state index is 11.3. The van der Waals surface area contributed by atoms with Crippen LogP contribution in [0.4, 0.5) is 11.4 Å². The van der Waals surface area contributed by atoms with Gasteiger partial charge in [-0.05, 0) is 42.0 Å². The zero-order chi connectivity index (χ0) is 24.4. The van der Waals surface area contributed by atoms with E-state index in [1.807, 2.05) is 6.07 Å². The lowest BCUT2D eigenvalue weighted by Crippen LogP contribution is -1.97. The van der Waals surface area contributed by atoms with E-state index in [0.717, 1.165) is 18.2 Å². The number of allylic oxidation sites excluding steroid dienone is 1. The zero-order valence-corrected chi connectivity index (χ0v) is 18.3. The summed E-state index contributed by atoms with van der Waals surface area (Å²) in [5.41, 5.74) is 0.529. The molecular formula is C22H10Cl2N4O6. The molecule has 168 valence electrons. The molecule has 0 aliphatic heterocycles. The molecule has 0 amide bonds. The maximum Gasteiger partial charge on any atom is 0.318 e. The second-order valence-corrected chi connectivity index (χ2v) is 7.55. The number of nitro groups is 2. The predicted molar refractivity (Wildman–Crippen MR) is 124 cm³/mol. The molecule has 1 heterocycles. The summed E-state index contributed by atoms with van der Waals surface area (Å²) in [6, 6.07) is 14.8. The third kappa shape index (κ3) is 4.52. The van der Waals surface area contributed by atoms with Crippen molar-refractivity contribution in [2.24, 2.45) is 0 Å². The van der Waals surface area contributed by atoms with Gasteiger partial charge in [0.1, 0.15) is 17.2 Å². The fourth-order valence-electron chi connectivity index (χ4n) is 3.01. The number of non-ortho nitro benzene ring substituents is 1. The van der Waals surface area contributed by atoms with Crippen LogP contribution in [0.2, 0.25) is 10.0 Å². The Balaban J connectivity index is 1.69. The number of oxazole rings is 1. The van der Waals surface area contributed by atoms with E-state index in [1.54, 1.807) is 24.3 Å². The Bertz CT molecular complexity index is 1480. The number of nitriles is 1. The van der Waals surface area contributed by atoms with Gasteiger partial charge in [0.25, 0.3) is 5.69 Å². The van der Waals surface area contributed by atoms with Gasteiger partial charge in [-0.3, -0.25) is 20.2 Å². The lowest BCUT2D eigenvalue weighted by atomic mass is 10.1. The number of fused-ring (bicyclic) bond motifs is 1. The van der Waals surface area contributed by atoms with Crippen LogP contribution in [-0.2, 0) is 0 Å². The maximum absolute atomic E-state index is 11.3. The van der Waals surface area contributed by atoms with Crippen LogP contribution >= 0.6 is 23.2 Å². The molecule has 0 saturated heterocycles. The van der Waals surface area contributed by atoms with Crippen molar-refractivity contribution in [1.29, 1.82) is 5.26 Å². The Hall–Kier alpha value is -4.46. The highest BCUT2D eigenvalue weighted by atomic mass is 35.5. The summed E-state index contributed by atoms with van der Waals surface area (Å²) in [6.45, 7) is 0. The van der Waals surface area contributed by atoms with Crippen molar-refractivity contribution >= 4 is 57.3 Å². The van der Waals surface area contributed by atoms with Crippen LogP contribution < -0.4 is 4.74 Å². The number of aromatic nitrogens is 1. The van der Waals surface area contributed by atoms with Crippen LogP contribution in [0.3, 0.4) is 0 Å². The summed E-state index contributed by atoms with van der Waals surface area (Å²) < 4.78 is 11.1. The molecule has 0 spiro atoms. The molecule has 0 fully saturated rings. The number of nitro benzene ring substituents is 2. The number of ether oxygens (including phenoxy) is 1. The fraction of sp³-hybridized carbons (Fsp3) is 0. The van der Waals surface area contributed by atoms with Gasteiger partial charge in [-0.15, -0.1) is 0 Å². The van der Waals surface area contributed by atoms with Crippen LogP contribution in [0, 0.1) is 31.6 Å². The third-order valence-electron chi connectivity index (χ3n) is 4.54. The van der Waals surface area contributed by atoms with Crippen LogP contribution in [-0.4, -0.2) is 14.8 Å². The first-order chi connectivity index (χ1) is 16.3. The van der Waals surface area contributed by atoms with E-state index in [4.69, 9.17) is 32.4 Å². The Labute approximate surface area is 200 Å². The van der Waals surface area contributed by atoms with Crippen molar-refractivity contribution in [1.82, 2.24) is 4.98 Å². The van der Waals surface area contributed by atoms with Crippen molar-refractivity contribution in [3.63, 3.8) is 0 Å². The van der Waals surface area contributed by atoms with Crippen LogP contribution in [0.1, 0.15) is 11.5 Å². The first kappa shape index (κ1) is 22.7. The van der Waals surface area contributed by atoms with Crippen LogP contribution in [0.25, 0.3) is 22.7 Å². The number of hydrogen-bond donors (Lipinski definition) is 0. The van der Waals surface area contributed by atoms with Crippen molar-refractivity contribution in [2.45, 2.75) is 0 Å². The fourth-order valence-corrected chi connectivity index (χ4v) is 3.60. The number of nitrogens with zero attached hydrogens (tertiary/aromatic N) is 4. The van der Waals surface area contributed by atoms with Crippen molar-refractivity contribution in [3.05, 3.63) is 96.3 Å². The Morgan fingerprint density at radius 3 is 2.38 bits per heavy atom. The first-order valence-corrected chi connectivity index (χ1v) is 10.1. The SMILES string of the molecule is N#C/C(=C\c1cc(Cl)c(Oc2ccc([N+](=O)[O-])cc2[N+](=O)[O-])c(Cl)c1)c1nc2ccccc2o1. The van der Waals surface area contributed by atoms with E-state index < -0.39 is 21.2 Å². The number of para-hydroxylation sites is 2. The molecule has 0 bridgehead atoms. The van der Waals surface area contributed by atoms with Gasteiger partial charge in [-0.2, -0.15) is 5.26 Å². The second-order valence-electron chi connectivity index (χ2n) is 6.74. The van der Waals surface area contributed by atoms with Gasteiger partial charge < -0.3 is 9.15 Å². The second kappa shape index (κ2) is 9.19. The summed E-state index contributed by atoms with van der Waals surface area (Å²) >= 11 is 12.6. The minimum Gasteiger partial charge on any atom is -0.447 e. The predicted octanol–water partition coefficient (Wildman–Crippen LogP) is 6.81. The molecule has 3 aromatic carbocycles. The quantitative estimate of drug-likeness (QED) is 0.160. The summed E-state index contributed by atoms with van der Waals surface area (Å²) in [7, 11) is 0. The summed E-state index contributed by atoms with van der Waals surface area (Å²) in [6.07, 6.45) is 1.46. The molecule has 10 nitrogen and oxygen atoms in total. The molecule has 12 heteroatoms. The number of hydrogen-bond acceptors (Lipinski definition) is 8. The minimum absolute atomic E-state index is 0.0127. The molecule has 0 unspecified atom stereocenters. The van der Waals surface area contributed by atoms with Crippen molar-refractivity contribution < 1.29 is 19.0 Å². The Kier molecular flexibility index (Phi) is 6.14. The summed E-state index contributed by atoms with van der Waals surface area (Å²) in [4.78, 5) is 25.0. The van der Waals surface area contributed by atoms with E-state index in [0.29, 0.717) is 16.7 Å². The largest absolute Gasteiger partial charge is 0.447 e. The highest BCUT2D eigenvalue weighted by Crippen LogP contribution is 2.41. The average Bonchev–Trinajstić information content (AvgIpc) is 3.23. The van der Waals surface area contributed by atoms with E-state index in [-0.39, 0.29) is 33.0 Å². The minimum atomic E-state index is -0.819. The molecule has 34 heavy (non-hydrogen) atoms. The normalized spacial score (nSPS) is 11.3. The van der Waals surface area contributed by atoms with Crippen LogP contribution in [0.15, 0.2) is 59.0 Å². The van der Waals surface area contributed by atoms with Gasteiger partial charge in [0.15, 0.2) is 11.3 Å². The van der Waals surface area contributed by atoms with Gasteiger partial charge >= 0.3 is 5.69 Å². The molecule has 0 aliphatic carbocycles. The monoisotopic (exact) mass is 496 g/mol. The molecule has 0 radical (unpaired) electrons. The van der Waals surface area contributed by atoms with Gasteiger partial charge in [0, 0.05) is 6.07 Å². The lowest BCUT2D eigenvalue weighted by Gasteiger charge is -2.11. The zero-order valence-electron chi connectivity index (χ0n) is 16.8. The standard InChI is InChI=1S/C22H10Cl2N4O6/c23-15-8-12(7-13(11-25)22-26-17-3-1-2-4-19(17)34-22)9-16(24)21(15)33-20-6-5-14(27(29)30)10-18(20)28(31)32/h1-10H/b13-7+. The molecule has 1 aromatic heterocycles. The van der Waals surface area contributed by atoms with Gasteiger partial charge in [0.05, 0.1) is 26.0 Å². The molecule has 0 atom stereocenters. The average molecular weight is 497 g/mol. The molecule has 4 aromatic rings. The lowest BCUT2D eigenvalue weighted by molar-refractivity contribution is -0.394. The van der Waals surface area contributed by atoms with E-state index in [2.05, 4.69) is 4.98 Å². The summed E-state index contributed by atoms with van der Waals surface area (Å²) in [5.74, 6) is -0.275. The highest BCUT2D eigenvalue weighted by molar-refractivity contribution is 6.37. The number of rotatable bonds is 6. The smallest absolute Gasteiger partial charge is 0.318 e. The van der Waals surface area contributed by atoms with Crippen LogP contribution in [0.5, 0.6) is 11.5 Å². The molecule has 4 rings (SSSR count). The van der Waals surface area contributed by atoms with Gasteiger partial charge in [-0.25, -0.2) is 4.98 Å². The number of benzene rings is 3. The number of halogens is 2. The Morgan fingerprint density at radius 1 is 1.06 bits per heavy atom. The van der Waals surface area contributed by atoms with Crippen molar-refractivity contribution in [2.75, 3.05) is 0 Å². The molecular weight excluding hydrogens is 487 g/mol. The van der Waals surface area contributed by atoms with E-state index in [9.17, 15) is 25.5 Å². The third-order valence-corrected chi connectivity index (χ3v) is 5.10. The molecule has 0 aliphatic rings. The van der Waals surface area contributed by atoms with E-state index in [1.165, 1.54) is 18.2 Å². The highest BCUT2D eigenvalue weighted by Gasteiger charge is 2.23. The van der Waals surface area contributed by atoms with E-state index >= 15 is 0 Å².